The van der Waals surface area contributed by atoms with Crippen LogP contribution in [0.15, 0.2) is 0 Å². The van der Waals surface area contributed by atoms with Crippen molar-refractivity contribution in [3.8, 4) is 0 Å². The molecule has 0 unspecified atom stereocenters. The molecule has 0 amide bonds. The molecule has 0 rings (SSSR count). The summed E-state index contributed by atoms with van der Waals surface area (Å²) in [7, 11) is 1.02. The first kappa shape index (κ1) is 16.0. The molecule has 1 N–H and O–H groups in total. The zero-order chi connectivity index (χ0) is 12.3. The molecule has 0 aliphatic carbocycles. The summed E-state index contributed by atoms with van der Waals surface area (Å²) in [6.07, 6.45) is 0. The Morgan fingerprint density at radius 1 is 0.938 bits per heavy atom. The van der Waals surface area contributed by atoms with Crippen LogP contribution in [-0.4, -0.2) is 60.9 Å². The summed E-state index contributed by atoms with van der Waals surface area (Å²) in [5.41, 5.74) is 0. The van der Waals surface area contributed by atoms with Crippen LogP contribution in [0, 0.1) is 0 Å². The molecule has 0 aliphatic rings. The molecule has 0 aromatic rings. The van der Waals surface area contributed by atoms with Crippen molar-refractivity contribution in [2.24, 2.45) is 0 Å². The molecule has 0 saturated carbocycles. The fourth-order valence-electron chi connectivity index (χ4n) is 1.36. The second-order valence-corrected chi connectivity index (χ2v) is 7.03. The highest BCUT2D eigenvalue weighted by molar-refractivity contribution is 6.67. The van der Waals surface area contributed by atoms with Gasteiger partial charge in [-0.05, 0) is 6.04 Å². The average molecular weight is 252 g/mol. The maximum Gasteiger partial charge on any atom is 0.340 e. The summed E-state index contributed by atoms with van der Waals surface area (Å²) in [4.78, 5) is 0. The van der Waals surface area contributed by atoms with Crippen molar-refractivity contribution in [2.45, 2.75) is 19.0 Å². The Bertz CT molecular complexity index is 146. The van der Waals surface area contributed by atoms with Gasteiger partial charge in [0.1, 0.15) is 0 Å². The second kappa shape index (κ2) is 10.2. The highest BCUT2D eigenvalue weighted by Crippen LogP contribution is 2.18. The molecule has 0 radical (unpaired) electrons. The number of hydrogen-bond donors (Lipinski definition) is 1. The van der Waals surface area contributed by atoms with Gasteiger partial charge in [-0.3, -0.25) is 0 Å². The average Bonchev–Trinajstić information content (AvgIpc) is 2.29. The monoisotopic (exact) mass is 252 g/mol. The third-order valence-electron chi connectivity index (χ3n) is 2.34. The number of rotatable bonds is 11. The number of hydrogen-bond acceptors (Lipinski definition) is 5. The molecular weight excluding hydrogens is 228 g/mol. The molecule has 0 aromatic heterocycles. The van der Waals surface area contributed by atoms with E-state index in [1.807, 2.05) is 6.92 Å². The lowest BCUT2D eigenvalue weighted by molar-refractivity contribution is 0.0837. The molecule has 0 heterocycles. The minimum atomic E-state index is -2.25. The summed E-state index contributed by atoms with van der Waals surface area (Å²) in [5.74, 6) is 0. The summed E-state index contributed by atoms with van der Waals surface area (Å²) in [6, 6.07) is 1.41. The van der Waals surface area contributed by atoms with E-state index in [0.29, 0.717) is 32.5 Å². The number of aliphatic hydroxyl groups excluding tert-OH is 1. The predicted octanol–water partition coefficient (Wildman–Crippen LogP) is 0.767. The normalized spacial score (nSPS) is 12.0. The van der Waals surface area contributed by atoms with E-state index in [2.05, 4.69) is 0 Å². The summed E-state index contributed by atoms with van der Waals surface area (Å²) < 4.78 is 21.4. The van der Waals surface area contributed by atoms with Crippen LogP contribution < -0.4 is 0 Å². The van der Waals surface area contributed by atoms with E-state index in [1.54, 1.807) is 14.2 Å². The zero-order valence-corrected chi connectivity index (χ0v) is 11.5. The van der Waals surface area contributed by atoms with Gasteiger partial charge in [0, 0.05) is 26.9 Å². The quantitative estimate of drug-likeness (QED) is 0.435. The van der Waals surface area contributed by atoms with Crippen molar-refractivity contribution >= 4 is 8.56 Å². The number of aliphatic hydroxyl groups is 1. The van der Waals surface area contributed by atoms with E-state index >= 15 is 0 Å². The van der Waals surface area contributed by atoms with Crippen LogP contribution in [0.4, 0.5) is 0 Å². The highest BCUT2D eigenvalue weighted by Gasteiger charge is 2.34. The first-order valence-electron chi connectivity index (χ1n) is 5.61. The largest absolute Gasteiger partial charge is 0.396 e. The molecule has 0 spiro atoms. The highest BCUT2D eigenvalue weighted by atomic mass is 28.4. The van der Waals surface area contributed by atoms with Crippen LogP contribution in [0.5, 0.6) is 0 Å². The second-order valence-electron chi connectivity index (χ2n) is 3.42. The summed E-state index contributed by atoms with van der Waals surface area (Å²) >= 11 is 0. The van der Waals surface area contributed by atoms with Crippen molar-refractivity contribution < 1.29 is 23.4 Å². The molecule has 0 fully saturated rings. The van der Waals surface area contributed by atoms with Gasteiger partial charge in [0.05, 0.1) is 26.4 Å². The van der Waals surface area contributed by atoms with Crippen molar-refractivity contribution in [3.05, 3.63) is 0 Å². The van der Waals surface area contributed by atoms with Crippen molar-refractivity contribution in [1.82, 2.24) is 0 Å². The van der Waals surface area contributed by atoms with Crippen molar-refractivity contribution in [3.63, 3.8) is 0 Å². The Kier molecular flexibility index (Phi) is 10.2. The summed E-state index contributed by atoms with van der Waals surface area (Å²) in [5, 5.41) is 9.06. The third kappa shape index (κ3) is 6.57. The maximum atomic E-state index is 9.06. The van der Waals surface area contributed by atoms with Gasteiger partial charge < -0.3 is 23.4 Å². The Labute approximate surface area is 98.9 Å². The third-order valence-corrected chi connectivity index (χ3v) is 5.86. The minimum absolute atomic E-state index is 0.0972. The van der Waals surface area contributed by atoms with Crippen LogP contribution in [0.2, 0.25) is 12.1 Å². The molecule has 16 heavy (non-hydrogen) atoms. The first-order chi connectivity index (χ1) is 7.74. The van der Waals surface area contributed by atoms with Gasteiger partial charge in [0.2, 0.25) is 0 Å². The van der Waals surface area contributed by atoms with E-state index < -0.39 is 8.56 Å². The molecular formula is C10H24O5Si. The molecule has 98 valence electrons. The topological polar surface area (TPSA) is 57.2 Å². The van der Waals surface area contributed by atoms with Gasteiger partial charge >= 0.3 is 8.56 Å². The Morgan fingerprint density at radius 3 is 1.75 bits per heavy atom. The number of ether oxygens (including phenoxy) is 2. The molecule has 6 heteroatoms. The Morgan fingerprint density at radius 2 is 1.44 bits per heavy atom. The van der Waals surface area contributed by atoms with Gasteiger partial charge in [-0.1, -0.05) is 6.92 Å². The van der Waals surface area contributed by atoms with Crippen LogP contribution >= 0.6 is 0 Å². The lowest BCUT2D eigenvalue weighted by Gasteiger charge is -2.29. The van der Waals surface area contributed by atoms with Gasteiger partial charge in [-0.25, -0.2) is 0 Å². The van der Waals surface area contributed by atoms with Crippen molar-refractivity contribution in [2.75, 3.05) is 47.3 Å². The molecule has 5 nitrogen and oxygen atoms in total. The molecule has 0 bridgehead atoms. The standard InChI is InChI=1S/C10H24O5Si/c1-4-16(10-5-11,14-8-6-12-2)15-9-7-13-3/h11H,4-10H2,1-3H3. The lowest BCUT2D eigenvalue weighted by Crippen LogP contribution is -2.44. The van der Waals surface area contributed by atoms with E-state index in [9.17, 15) is 0 Å². The Hall–Kier alpha value is 0.0169. The van der Waals surface area contributed by atoms with Crippen LogP contribution in [0.25, 0.3) is 0 Å². The van der Waals surface area contributed by atoms with E-state index in [4.69, 9.17) is 23.4 Å². The fourth-order valence-corrected chi connectivity index (χ4v) is 3.74. The van der Waals surface area contributed by atoms with Crippen LogP contribution in [0.1, 0.15) is 6.92 Å². The summed E-state index contributed by atoms with van der Waals surface area (Å²) in [6.45, 7) is 4.26. The molecule has 0 aliphatic heterocycles. The molecule has 0 atom stereocenters. The van der Waals surface area contributed by atoms with Crippen LogP contribution in [0.3, 0.4) is 0 Å². The van der Waals surface area contributed by atoms with Crippen molar-refractivity contribution in [1.29, 1.82) is 0 Å². The lowest BCUT2D eigenvalue weighted by atomic mass is 10.8. The van der Waals surface area contributed by atoms with Gasteiger partial charge in [0.15, 0.2) is 0 Å². The zero-order valence-electron chi connectivity index (χ0n) is 10.5. The van der Waals surface area contributed by atoms with Gasteiger partial charge in [-0.15, -0.1) is 0 Å². The first-order valence-corrected chi connectivity index (χ1v) is 7.84. The Balaban J connectivity index is 4.09. The SMILES string of the molecule is CC[Si](CCO)(OCCOC)OCCOC. The van der Waals surface area contributed by atoms with E-state index in [-0.39, 0.29) is 6.61 Å². The fraction of sp³-hybridized carbons (Fsp3) is 1.00. The molecule has 0 aromatic carbocycles. The number of methoxy groups -OCH3 is 2. The molecule has 0 saturated heterocycles. The van der Waals surface area contributed by atoms with Crippen LogP contribution in [-0.2, 0) is 18.3 Å². The minimum Gasteiger partial charge on any atom is -0.396 e. The van der Waals surface area contributed by atoms with Gasteiger partial charge in [-0.2, -0.15) is 0 Å². The van der Waals surface area contributed by atoms with E-state index in [0.717, 1.165) is 6.04 Å². The predicted molar refractivity (Wildman–Crippen MR) is 63.8 cm³/mol. The maximum absolute atomic E-state index is 9.06. The van der Waals surface area contributed by atoms with E-state index in [1.165, 1.54) is 0 Å². The smallest absolute Gasteiger partial charge is 0.340 e. The van der Waals surface area contributed by atoms with Gasteiger partial charge in [0.25, 0.3) is 0 Å².